The Labute approximate surface area is 159 Å². The summed E-state index contributed by atoms with van der Waals surface area (Å²) < 4.78 is 0. The molecule has 1 aliphatic carbocycles. The molecule has 0 aromatic carbocycles. The van der Waals surface area contributed by atoms with Gasteiger partial charge in [-0.3, -0.25) is 9.69 Å². The average molecular weight is 373 g/mol. The summed E-state index contributed by atoms with van der Waals surface area (Å²) in [7, 11) is 0. The van der Waals surface area contributed by atoms with Crippen molar-refractivity contribution in [3.05, 3.63) is 0 Å². The van der Waals surface area contributed by atoms with E-state index in [0.29, 0.717) is 12.6 Å². The van der Waals surface area contributed by atoms with Gasteiger partial charge in [0.15, 0.2) is 0 Å². The van der Waals surface area contributed by atoms with E-state index in [1.165, 1.54) is 51.7 Å². The third kappa shape index (κ3) is 7.05. The van der Waals surface area contributed by atoms with E-state index in [4.69, 9.17) is 0 Å². The molecule has 2 N–H and O–H groups in total. The first kappa shape index (κ1) is 20.9. The molecule has 6 heteroatoms. The predicted octanol–water partition coefficient (Wildman–Crippen LogP) is 1.72. The summed E-state index contributed by atoms with van der Waals surface area (Å²) in [6, 6.07) is 0.419. The number of halogens is 1. The van der Waals surface area contributed by atoms with Gasteiger partial charge in [0.2, 0.25) is 5.91 Å². The first-order valence-corrected chi connectivity index (χ1v) is 10.1. The Kier molecular flexibility index (Phi) is 8.97. The standard InChI is InChI=1S/C19H36N4O.ClH/c1-16-3-2-4-18(13-16)21-19(24)15-23-11-9-22(10-12-23)14-17-5-7-20-8-6-17;/h16-18,20H,2-15H2,1H3,(H,21,24);1H. The fourth-order valence-corrected chi connectivity index (χ4v) is 4.60. The largest absolute Gasteiger partial charge is 0.352 e. The van der Waals surface area contributed by atoms with Crippen LogP contribution in [0.5, 0.6) is 0 Å². The van der Waals surface area contributed by atoms with Crippen LogP contribution in [0.3, 0.4) is 0 Å². The number of rotatable bonds is 5. The maximum atomic E-state index is 12.3. The Morgan fingerprint density at radius 3 is 2.40 bits per heavy atom. The van der Waals surface area contributed by atoms with Gasteiger partial charge in [0.05, 0.1) is 6.54 Å². The fraction of sp³-hybridized carbons (Fsp3) is 0.947. The van der Waals surface area contributed by atoms with E-state index in [0.717, 1.165) is 44.4 Å². The molecule has 2 atom stereocenters. The van der Waals surface area contributed by atoms with Gasteiger partial charge in [-0.15, -0.1) is 12.4 Å². The lowest BCUT2D eigenvalue weighted by atomic mass is 9.87. The fourth-order valence-electron chi connectivity index (χ4n) is 4.60. The van der Waals surface area contributed by atoms with Crippen LogP contribution < -0.4 is 10.6 Å². The third-order valence-electron chi connectivity index (χ3n) is 6.11. The van der Waals surface area contributed by atoms with E-state index in [2.05, 4.69) is 27.4 Å². The maximum Gasteiger partial charge on any atom is 0.234 e. The molecular weight excluding hydrogens is 336 g/mol. The highest BCUT2D eigenvalue weighted by Gasteiger charge is 2.24. The molecule has 5 nitrogen and oxygen atoms in total. The van der Waals surface area contributed by atoms with Crippen LogP contribution in [0, 0.1) is 11.8 Å². The number of hydrogen-bond acceptors (Lipinski definition) is 4. The Morgan fingerprint density at radius 1 is 1.04 bits per heavy atom. The summed E-state index contributed by atoms with van der Waals surface area (Å²) in [5.74, 6) is 1.87. The molecule has 0 spiro atoms. The summed E-state index contributed by atoms with van der Waals surface area (Å²) in [5, 5.41) is 6.72. The van der Waals surface area contributed by atoms with Crippen molar-refractivity contribution in [3.8, 4) is 0 Å². The predicted molar refractivity (Wildman–Crippen MR) is 105 cm³/mol. The minimum atomic E-state index is 0. The first-order valence-electron chi connectivity index (χ1n) is 10.1. The van der Waals surface area contributed by atoms with Gasteiger partial charge in [-0.1, -0.05) is 19.8 Å². The van der Waals surface area contributed by atoms with Crippen molar-refractivity contribution in [1.82, 2.24) is 20.4 Å². The van der Waals surface area contributed by atoms with Crippen LogP contribution in [-0.2, 0) is 4.79 Å². The van der Waals surface area contributed by atoms with Crippen LogP contribution in [0.2, 0.25) is 0 Å². The van der Waals surface area contributed by atoms with Crippen molar-refractivity contribution in [1.29, 1.82) is 0 Å². The van der Waals surface area contributed by atoms with E-state index in [-0.39, 0.29) is 18.3 Å². The molecule has 1 saturated carbocycles. The summed E-state index contributed by atoms with van der Waals surface area (Å²) in [4.78, 5) is 17.2. The number of carbonyl (C=O) groups is 1. The van der Waals surface area contributed by atoms with Crippen molar-refractivity contribution < 1.29 is 4.79 Å². The summed E-state index contributed by atoms with van der Waals surface area (Å²) in [6.45, 7) is 10.8. The van der Waals surface area contributed by atoms with Crippen molar-refractivity contribution in [2.45, 2.75) is 51.5 Å². The molecule has 3 rings (SSSR count). The zero-order chi connectivity index (χ0) is 16.8. The first-order chi connectivity index (χ1) is 11.7. The normalized spacial score (nSPS) is 29.8. The zero-order valence-electron chi connectivity index (χ0n) is 15.8. The lowest BCUT2D eigenvalue weighted by Crippen LogP contribution is -2.51. The van der Waals surface area contributed by atoms with E-state index >= 15 is 0 Å². The highest BCUT2D eigenvalue weighted by Crippen LogP contribution is 2.23. The number of piperidine rings is 1. The van der Waals surface area contributed by atoms with E-state index in [1.807, 2.05) is 0 Å². The number of nitrogens with zero attached hydrogens (tertiary/aromatic N) is 2. The molecule has 2 unspecified atom stereocenters. The lowest BCUT2D eigenvalue weighted by molar-refractivity contribution is -0.123. The van der Waals surface area contributed by atoms with Gasteiger partial charge >= 0.3 is 0 Å². The van der Waals surface area contributed by atoms with E-state index in [1.54, 1.807) is 0 Å². The molecule has 1 amide bonds. The molecule has 0 bridgehead atoms. The Hall–Kier alpha value is -0.360. The Balaban J connectivity index is 0.00000225. The van der Waals surface area contributed by atoms with Crippen LogP contribution in [0.15, 0.2) is 0 Å². The second kappa shape index (κ2) is 10.7. The molecule has 3 fully saturated rings. The van der Waals surface area contributed by atoms with Crippen molar-refractivity contribution in [2.75, 3.05) is 52.4 Å². The minimum Gasteiger partial charge on any atom is -0.352 e. The molecule has 2 saturated heterocycles. The summed E-state index contributed by atoms with van der Waals surface area (Å²) in [6.07, 6.45) is 7.56. The van der Waals surface area contributed by atoms with Crippen LogP contribution in [-0.4, -0.2) is 74.1 Å². The van der Waals surface area contributed by atoms with Gasteiger partial charge in [-0.25, -0.2) is 0 Å². The van der Waals surface area contributed by atoms with Gasteiger partial charge < -0.3 is 15.5 Å². The number of carbonyl (C=O) groups excluding carboxylic acids is 1. The van der Waals surface area contributed by atoms with Gasteiger partial charge in [-0.2, -0.15) is 0 Å². The van der Waals surface area contributed by atoms with Crippen LogP contribution >= 0.6 is 12.4 Å². The monoisotopic (exact) mass is 372 g/mol. The molecule has 2 aliphatic heterocycles. The summed E-state index contributed by atoms with van der Waals surface area (Å²) in [5.41, 5.74) is 0. The van der Waals surface area contributed by atoms with E-state index in [9.17, 15) is 4.79 Å². The third-order valence-corrected chi connectivity index (χ3v) is 6.11. The van der Waals surface area contributed by atoms with Gasteiger partial charge in [0.1, 0.15) is 0 Å². The van der Waals surface area contributed by atoms with Gasteiger partial charge in [0, 0.05) is 38.8 Å². The molecule has 25 heavy (non-hydrogen) atoms. The smallest absolute Gasteiger partial charge is 0.234 e. The highest BCUT2D eigenvalue weighted by atomic mass is 35.5. The molecule has 3 aliphatic rings. The van der Waals surface area contributed by atoms with Crippen LogP contribution in [0.25, 0.3) is 0 Å². The van der Waals surface area contributed by atoms with Gasteiger partial charge in [-0.05, 0) is 50.6 Å². The number of hydrogen-bond donors (Lipinski definition) is 2. The molecule has 146 valence electrons. The minimum absolute atomic E-state index is 0. The SMILES string of the molecule is CC1CCCC(NC(=O)CN2CCN(CC3CCNCC3)CC2)C1.Cl. The molecule has 0 radical (unpaired) electrons. The molecular formula is C19H37ClN4O. The van der Waals surface area contributed by atoms with Crippen LogP contribution in [0.1, 0.15) is 45.4 Å². The topological polar surface area (TPSA) is 47.6 Å². The Bertz CT molecular complexity index is 395. The quantitative estimate of drug-likeness (QED) is 0.771. The lowest BCUT2D eigenvalue weighted by Gasteiger charge is -2.37. The van der Waals surface area contributed by atoms with E-state index < -0.39 is 0 Å². The number of piperazine rings is 1. The second-order valence-corrected chi connectivity index (χ2v) is 8.31. The van der Waals surface area contributed by atoms with Crippen molar-refractivity contribution in [2.24, 2.45) is 11.8 Å². The number of nitrogens with one attached hydrogen (secondary N) is 2. The molecule has 0 aromatic heterocycles. The highest BCUT2D eigenvalue weighted by molar-refractivity contribution is 5.85. The Morgan fingerprint density at radius 2 is 1.72 bits per heavy atom. The number of amides is 1. The van der Waals surface area contributed by atoms with Crippen molar-refractivity contribution >= 4 is 18.3 Å². The summed E-state index contributed by atoms with van der Waals surface area (Å²) >= 11 is 0. The maximum absolute atomic E-state index is 12.3. The zero-order valence-corrected chi connectivity index (χ0v) is 16.7. The van der Waals surface area contributed by atoms with Gasteiger partial charge in [0.25, 0.3) is 0 Å². The van der Waals surface area contributed by atoms with Crippen molar-refractivity contribution in [3.63, 3.8) is 0 Å². The second-order valence-electron chi connectivity index (χ2n) is 8.31. The average Bonchev–Trinajstić information content (AvgIpc) is 2.57. The molecule has 0 aromatic rings. The molecule has 2 heterocycles. The van der Waals surface area contributed by atoms with Crippen LogP contribution in [0.4, 0.5) is 0 Å².